The summed E-state index contributed by atoms with van der Waals surface area (Å²) < 4.78 is 30.1. The van der Waals surface area contributed by atoms with E-state index in [1.807, 2.05) is 6.92 Å². The molecule has 0 amide bonds. The van der Waals surface area contributed by atoms with Crippen LogP contribution in [0, 0.1) is 11.6 Å². The second-order valence-corrected chi connectivity index (χ2v) is 2.43. The third-order valence-corrected chi connectivity index (χ3v) is 1.70. The molecule has 0 aliphatic heterocycles. The second-order valence-electron chi connectivity index (χ2n) is 2.43. The van der Waals surface area contributed by atoms with Gasteiger partial charge in [0.1, 0.15) is 5.75 Å². The fourth-order valence-electron chi connectivity index (χ4n) is 1.04. The molecule has 0 N–H and O–H groups in total. The van der Waals surface area contributed by atoms with Crippen molar-refractivity contribution in [1.82, 2.24) is 0 Å². The molecule has 0 spiro atoms. The third-order valence-electron chi connectivity index (χ3n) is 1.70. The zero-order valence-corrected chi connectivity index (χ0v) is 7.03. The number of hydrogen-bond donors (Lipinski definition) is 0. The van der Waals surface area contributed by atoms with E-state index >= 15 is 0 Å². The van der Waals surface area contributed by atoms with Crippen LogP contribution < -0.4 is 4.74 Å². The lowest BCUT2D eigenvalue weighted by Crippen LogP contribution is -1.94. The minimum Gasteiger partial charge on any atom is -0.496 e. The molecule has 0 heterocycles. The average molecular weight is 172 g/mol. The van der Waals surface area contributed by atoms with Gasteiger partial charge in [0.2, 0.25) is 0 Å². The Morgan fingerprint density at radius 2 is 1.83 bits per heavy atom. The van der Waals surface area contributed by atoms with Crippen molar-refractivity contribution in [1.29, 1.82) is 0 Å². The van der Waals surface area contributed by atoms with Crippen LogP contribution in [-0.2, 0) is 6.42 Å². The van der Waals surface area contributed by atoms with Crippen molar-refractivity contribution >= 4 is 0 Å². The SMILES string of the molecule is CCc1cc(F)c(F)cc1OC. The van der Waals surface area contributed by atoms with Crippen LogP contribution in [0.2, 0.25) is 0 Å². The summed E-state index contributed by atoms with van der Waals surface area (Å²) in [5, 5.41) is 0. The molecule has 66 valence electrons. The highest BCUT2D eigenvalue weighted by molar-refractivity contribution is 5.34. The molecule has 0 radical (unpaired) electrons. The number of halogens is 2. The van der Waals surface area contributed by atoms with Crippen molar-refractivity contribution in [3.8, 4) is 5.75 Å². The molecule has 0 fully saturated rings. The lowest BCUT2D eigenvalue weighted by molar-refractivity contribution is 0.401. The molecule has 3 heteroatoms. The van der Waals surface area contributed by atoms with E-state index in [2.05, 4.69) is 0 Å². The van der Waals surface area contributed by atoms with E-state index in [1.54, 1.807) is 0 Å². The summed E-state index contributed by atoms with van der Waals surface area (Å²) in [4.78, 5) is 0. The van der Waals surface area contributed by atoms with Gasteiger partial charge in [-0.3, -0.25) is 0 Å². The lowest BCUT2D eigenvalue weighted by atomic mass is 10.1. The Kier molecular flexibility index (Phi) is 2.63. The zero-order chi connectivity index (χ0) is 9.14. The summed E-state index contributed by atoms with van der Waals surface area (Å²) in [6.07, 6.45) is 0.625. The van der Waals surface area contributed by atoms with E-state index in [4.69, 9.17) is 4.74 Å². The largest absolute Gasteiger partial charge is 0.496 e. The van der Waals surface area contributed by atoms with Gasteiger partial charge in [-0.25, -0.2) is 8.78 Å². The normalized spacial score (nSPS) is 10.0. The molecular formula is C9H10F2O. The molecular weight excluding hydrogens is 162 g/mol. The monoisotopic (exact) mass is 172 g/mol. The predicted molar refractivity (Wildman–Crippen MR) is 42.3 cm³/mol. The molecule has 1 rings (SSSR count). The van der Waals surface area contributed by atoms with E-state index in [9.17, 15) is 8.78 Å². The first-order valence-corrected chi connectivity index (χ1v) is 3.71. The van der Waals surface area contributed by atoms with E-state index in [-0.39, 0.29) is 0 Å². The fraction of sp³-hybridized carbons (Fsp3) is 0.333. The highest BCUT2D eigenvalue weighted by atomic mass is 19.2. The highest BCUT2D eigenvalue weighted by Gasteiger charge is 2.07. The maximum Gasteiger partial charge on any atom is 0.162 e. The van der Waals surface area contributed by atoms with Crippen LogP contribution >= 0.6 is 0 Å². The van der Waals surface area contributed by atoms with Crippen molar-refractivity contribution in [3.05, 3.63) is 29.3 Å². The standard InChI is InChI=1S/C9H10F2O/c1-3-6-4-7(10)8(11)5-9(6)12-2/h4-5H,3H2,1-2H3. The second kappa shape index (κ2) is 3.52. The minimum absolute atomic E-state index is 0.399. The Morgan fingerprint density at radius 3 is 2.33 bits per heavy atom. The van der Waals surface area contributed by atoms with Gasteiger partial charge in [0.25, 0.3) is 0 Å². The smallest absolute Gasteiger partial charge is 0.162 e. The fourth-order valence-corrected chi connectivity index (χ4v) is 1.04. The highest BCUT2D eigenvalue weighted by Crippen LogP contribution is 2.22. The summed E-state index contributed by atoms with van der Waals surface area (Å²) in [5.41, 5.74) is 0.677. The van der Waals surface area contributed by atoms with E-state index in [0.717, 1.165) is 12.1 Å². The topological polar surface area (TPSA) is 9.23 Å². The van der Waals surface area contributed by atoms with Crippen molar-refractivity contribution in [2.24, 2.45) is 0 Å². The Hall–Kier alpha value is -1.12. The van der Waals surface area contributed by atoms with Crippen LogP contribution in [0.1, 0.15) is 12.5 Å². The average Bonchev–Trinajstić information content (AvgIpc) is 2.09. The molecule has 0 aliphatic carbocycles. The molecule has 1 aromatic rings. The molecule has 0 aliphatic rings. The van der Waals surface area contributed by atoms with Gasteiger partial charge >= 0.3 is 0 Å². The van der Waals surface area contributed by atoms with Gasteiger partial charge < -0.3 is 4.74 Å². The Bertz CT molecular complexity index is 255. The van der Waals surface area contributed by atoms with E-state index in [1.165, 1.54) is 7.11 Å². The van der Waals surface area contributed by atoms with Gasteiger partial charge in [-0.15, -0.1) is 0 Å². The van der Waals surface area contributed by atoms with Crippen LogP contribution in [0.4, 0.5) is 8.78 Å². The maximum atomic E-state index is 12.7. The van der Waals surface area contributed by atoms with E-state index < -0.39 is 11.6 Å². The van der Waals surface area contributed by atoms with Crippen molar-refractivity contribution < 1.29 is 13.5 Å². The third kappa shape index (κ3) is 1.55. The van der Waals surface area contributed by atoms with Crippen molar-refractivity contribution in [3.63, 3.8) is 0 Å². The minimum atomic E-state index is -0.871. The van der Waals surface area contributed by atoms with Gasteiger partial charge in [-0.05, 0) is 18.1 Å². The van der Waals surface area contributed by atoms with E-state index in [0.29, 0.717) is 17.7 Å². The summed E-state index contributed by atoms with van der Waals surface area (Å²) in [6.45, 7) is 1.86. The van der Waals surface area contributed by atoms with Crippen LogP contribution in [0.15, 0.2) is 12.1 Å². The summed E-state index contributed by atoms with van der Waals surface area (Å²) in [5.74, 6) is -1.30. The van der Waals surface area contributed by atoms with Crippen molar-refractivity contribution in [2.75, 3.05) is 7.11 Å². The first-order chi connectivity index (χ1) is 5.69. The molecule has 0 bridgehead atoms. The Labute approximate surface area is 70.0 Å². The van der Waals surface area contributed by atoms with Crippen molar-refractivity contribution in [2.45, 2.75) is 13.3 Å². The number of benzene rings is 1. The van der Waals surface area contributed by atoms with Gasteiger partial charge in [0.05, 0.1) is 7.11 Å². The molecule has 0 saturated heterocycles. The zero-order valence-electron chi connectivity index (χ0n) is 7.03. The quantitative estimate of drug-likeness (QED) is 0.666. The van der Waals surface area contributed by atoms with Crippen LogP contribution in [0.5, 0.6) is 5.75 Å². The number of hydrogen-bond acceptors (Lipinski definition) is 1. The van der Waals surface area contributed by atoms with Gasteiger partial charge in [0.15, 0.2) is 11.6 Å². The Balaban J connectivity index is 3.19. The molecule has 0 atom stereocenters. The summed E-state index contributed by atoms with van der Waals surface area (Å²) in [6, 6.07) is 2.22. The number of methoxy groups -OCH3 is 1. The molecule has 12 heavy (non-hydrogen) atoms. The molecule has 0 aromatic heterocycles. The van der Waals surface area contributed by atoms with Crippen LogP contribution in [0.25, 0.3) is 0 Å². The van der Waals surface area contributed by atoms with Crippen LogP contribution in [0.3, 0.4) is 0 Å². The maximum absolute atomic E-state index is 12.7. The lowest BCUT2D eigenvalue weighted by Gasteiger charge is -2.06. The first kappa shape index (κ1) is 8.97. The molecule has 1 aromatic carbocycles. The number of ether oxygens (including phenoxy) is 1. The Morgan fingerprint density at radius 1 is 1.25 bits per heavy atom. The van der Waals surface area contributed by atoms with Crippen LogP contribution in [-0.4, -0.2) is 7.11 Å². The number of rotatable bonds is 2. The first-order valence-electron chi connectivity index (χ1n) is 3.71. The molecule has 1 nitrogen and oxygen atoms in total. The summed E-state index contributed by atoms with van der Waals surface area (Å²) >= 11 is 0. The summed E-state index contributed by atoms with van der Waals surface area (Å²) in [7, 11) is 1.44. The molecule has 0 saturated carbocycles. The van der Waals surface area contributed by atoms with Gasteiger partial charge in [-0.1, -0.05) is 6.92 Å². The van der Waals surface area contributed by atoms with Gasteiger partial charge in [0, 0.05) is 6.07 Å². The number of aryl methyl sites for hydroxylation is 1. The van der Waals surface area contributed by atoms with Gasteiger partial charge in [-0.2, -0.15) is 0 Å². The predicted octanol–water partition coefficient (Wildman–Crippen LogP) is 2.54. The molecule has 0 unspecified atom stereocenters.